The molecule has 0 heterocycles. The van der Waals surface area contributed by atoms with Crippen LogP contribution in [0.5, 0.6) is 0 Å². The van der Waals surface area contributed by atoms with Crippen LogP contribution in [-0.4, -0.2) is 17.0 Å². The largest absolute Gasteiger partial charge is 0.392 e. The molecular weight excluding hydrogens is 140 g/mol. The molecule has 0 bridgehead atoms. The summed E-state index contributed by atoms with van der Waals surface area (Å²) >= 11 is 0. The van der Waals surface area contributed by atoms with Gasteiger partial charge in [0, 0.05) is 0 Å². The minimum atomic E-state index is -0.546. The number of ketones is 1. The summed E-state index contributed by atoms with van der Waals surface area (Å²) < 4.78 is 0. The Morgan fingerprint density at radius 1 is 1.73 bits per heavy atom. The monoisotopic (exact) mass is 156 g/mol. The molecule has 0 aliphatic heterocycles. The highest BCUT2D eigenvalue weighted by Crippen LogP contribution is 2.11. The van der Waals surface area contributed by atoms with Crippen LogP contribution in [0.3, 0.4) is 0 Å². The highest BCUT2D eigenvalue weighted by atomic mass is 16.3. The fraction of sp³-hybridized carbons (Fsp3) is 0.667. The van der Waals surface area contributed by atoms with Crippen molar-refractivity contribution in [2.75, 3.05) is 0 Å². The maximum atomic E-state index is 10.9. The van der Waals surface area contributed by atoms with Crippen molar-refractivity contribution in [2.24, 2.45) is 5.92 Å². The third kappa shape index (κ3) is 3.33. The van der Waals surface area contributed by atoms with E-state index in [2.05, 4.69) is 6.58 Å². The van der Waals surface area contributed by atoms with Crippen LogP contribution in [0.15, 0.2) is 12.7 Å². The lowest BCUT2D eigenvalue weighted by Crippen LogP contribution is -2.24. The van der Waals surface area contributed by atoms with Crippen molar-refractivity contribution in [2.45, 2.75) is 32.8 Å². The maximum Gasteiger partial charge on any atom is 0.139 e. The molecule has 0 amide bonds. The van der Waals surface area contributed by atoms with E-state index in [0.717, 1.165) is 6.42 Å². The van der Waals surface area contributed by atoms with Gasteiger partial charge in [-0.25, -0.2) is 0 Å². The zero-order chi connectivity index (χ0) is 8.85. The first-order valence-electron chi connectivity index (χ1n) is 3.94. The fourth-order valence-corrected chi connectivity index (χ4v) is 1.07. The van der Waals surface area contributed by atoms with Gasteiger partial charge in [0.15, 0.2) is 0 Å². The molecule has 0 aliphatic carbocycles. The van der Waals surface area contributed by atoms with E-state index < -0.39 is 6.10 Å². The first-order valence-corrected chi connectivity index (χ1v) is 3.94. The summed E-state index contributed by atoms with van der Waals surface area (Å²) in [4.78, 5) is 10.9. The lowest BCUT2D eigenvalue weighted by Gasteiger charge is -2.15. The Kier molecular flexibility index (Phi) is 4.79. The third-order valence-electron chi connectivity index (χ3n) is 1.72. The van der Waals surface area contributed by atoms with E-state index in [-0.39, 0.29) is 11.7 Å². The maximum absolute atomic E-state index is 10.9. The van der Waals surface area contributed by atoms with Crippen molar-refractivity contribution in [3.8, 4) is 0 Å². The van der Waals surface area contributed by atoms with Gasteiger partial charge in [-0.05, 0) is 13.3 Å². The summed E-state index contributed by atoms with van der Waals surface area (Å²) in [6.45, 7) is 6.96. The molecule has 2 atom stereocenters. The Bertz CT molecular complexity index is 140. The quantitative estimate of drug-likeness (QED) is 0.613. The average molecular weight is 156 g/mol. The summed E-state index contributed by atoms with van der Waals surface area (Å²) in [6, 6.07) is 0. The second-order valence-electron chi connectivity index (χ2n) is 2.73. The molecule has 1 N–H and O–H groups in total. The smallest absolute Gasteiger partial charge is 0.139 e. The van der Waals surface area contributed by atoms with Gasteiger partial charge >= 0.3 is 0 Å². The molecule has 0 spiro atoms. The highest BCUT2D eigenvalue weighted by molar-refractivity contribution is 5.80. The molecule has 2 heteroatoms. The van der Waals surface area contributed by atoms with Crippen LogP contribution in [0.1, 0.15) is 26.7 Å². The van der Waals surface area contributed by atoms with E-state index >= 15 is 0 Å². The van der Waals surface area contributed by atoms with Gasteiger partial charge < -0.3 is 5.11 Å². The molecule has 64 valence electrons. The first kappa shape index (κ1) is 10.4. The zero-order valence-corrected chi connectivity index (χ0v) is 7.21. The normalized spacial score (nSPS) is 15.5. The predicted octanol–water partition coefficient (Wildman–Crippen LogP) is 1.54. The van der Waals surface area contributed by atoms with Crippen molar-refractivity contribution < 1.29 is 9.90 Å². The number of aliphatic hydroxyl groups excluding tert-OH is 1. The lowest BCUT2D eigenvalue weighted by molar-refractivity contribution is -0.122. The van der Waals surface area contributed by atoms with Gasteiger partial charge in [0.25, 0.3) is 0 Å². The van der Waals surface area contributed by atoms with E-state index in [1.165, 1.54) is 13.0 Å². The molecular formula is C9H16O2. The van der Waals surface area contributed by atoms with Crippen LogP contribution in [0.2, 0.25) is 0 Å². The highest BCUT2D eigenvalue weighted by Gasteiger charge is 2.18. The molecule has 0 fully saturated rings. The molecule has 0 rings (SSSR count). The summed E-state index contributed by atoms with van der Waals surface area (Å²) in [5.41, 5.74) is 0. The topological polar surface area (TPSA) is 37.3 Å². The number of carbonyl (C=O) groups excluding carboxylic acids is 1. The van der Waals surface area contributed by atoms with Gasteiger partial charge in [-0.2, -0.15) is 0 Å². The molecule has 0 aromatic carbocycles. The summed E-state index contributed by atoms with van der Waals surface area (Å²) in [5, 5.41) is 9.39. The molecule has 0 aromatic rings. The van der Waals surface area contributed by atoms with Crippen LogP contribution >= 0.6 is 0 Å². The molecule has 2 unspecified atom stereocenters. The summed E-state index contributed by atoms with van der Waals surface area (Å²) in [6.07, 6.45) is 2.52. The molecule has 0 radical (unpaired) electrons. The number of carbonyl (C=O) groups is 1. The van der Waals surface area contributed by atoms with Gasteiger partial charge in [-0.3, -0.25) is 4.79 Å². The SMILES string of the molecule is C=CC(C(C)=O)C(O)CCC. The lowest BCUT2D eigenvalue weighted by atomic mass is 9.95. The van der Waals surface area contributed by atoms with Gasteiger partial charge in [0.1, 0.15) is 5.78 Å². The standard InChI is InChI=1S/C9H16O2/c1-4-6-9(11)8(5-2)7(3)10/h5,8-9,11H,2,4,6H2,1,3H3. The third-order valence-corrected chi connectivity index (χ3v) is 1.72. The number of aliphatic hydroxyl groups is 1. The molecule has 0 aromatic heterocycles. The van der Waals surface area contributed by atoms with E-state index in [1.807, 2.05) is 6.92 Å². The Morgan fingerprint density at radius 2 is 2.27 bits per heavy atom. The van der Waals surface area contributed by atoms with Gasteiger partial charge in [-0.1, -0.05) is 19.4 Å². The van der Waals surface area contributed by atoms with Crippen LogP contribution in [0.4, 0.5) is 0 Å². The molecule has 11 heavy (non-hydrogen) atoms. The first-order chi connectivity index (χ1) is 5.13. The number of hydrogen-bond acceptors (Lipinski definition) is 2. The van der Waals surface area contributed by atoms with E-state index in [4.69, 9.17) is 0 Å². The minimum absolute atomic E-state index is 0.0130. The van der Waals surface area contributed by atoms with Crippen LogP contribution < -0.4 is 0 Å². The predicted molar refractivity (Wildman–Crippen MR) is 45.3 cm³/mol. The van der Waals surface area contributed by atoms with Gasteiger partial charge in [0.05, 0.1) is 12.0 Å². The second-order valence-corrected chi connectivity index (χ2v) is 2.73. The molecule has 0 saturated carbocycles. The van der Waals surface area contributed by atoms with E-state index in [9.17, 15) is 9.90 Å². The van der Waals surface area contributed by atoms with Crippen LogP contribution in [0.25, 0.3) is 0 Å². The van der Waals surface area contributed by atoms with Gasteiger partial charge in [-0.15, -0.1) is 6.58 Å². The molecule has 0 aliphatic rings. The summed E-state index contributed by atoms with van der Waals surface area (Å²) in [5.74, 6) is -0.393. The number of hydrogen-bond donors (Lipinski definition) is 1. The van der Waals surface area contributed by atoms with E-state index in [1.54, 1.807) is 0 Å². The van der Waals surface area contributed by atoms with Crippen LogP contribution in [0, 0.1) is 5.92 Å². The zero-order valence-electron chi connectivity index (χ0n) is 7.21. The minimum Gasteiger partial charge on any atom is -0.392 e. The molecule has 0 saturated heterocycles. The van der Waals surface area contributed by atoms with Crippen molar-refractivity contribution in [1.82, 2.24) is 0 Å². The van der Waals surface area contributed by atoms with Crippen LogP contribution in [-0.2, 0) is 4.79 Å². The fourth-order valence-electron chi connectivity index (χ4n) is 1.07. The Hall–Kier alpha value is -0.630. The second kappa shape index (κ2) is 5.08. The van der Waals surface area contributed by atoms with Gasteiger partial charge in [0.2, 0.25) is 0 Å². The molecule has 2 nitrogen and oxygen atoms in total. The Balaban J connectivity index is 4.02. The summed E-state index contributed by atoms with van der Waals surface area (Å²) in [7, 11) is 0. The Labute approximate surface area is 67.9 Å². The number of rotatable bonds is 5. The number of Topliss-reactive ketones (excluding diaryl/α,β-unsaturated/α-hetero) is 1. The Morgan fingerprint density at radius 3 is 2.55 bits per heavy atom. The van der Waals surface area contributed by atoms with Crippen molar-refractivity contribution >= 4 is 5.78 Å². The van der Waals surface area contributed by atoms with Crippen molar-refractivity contribution in [3.63, 3.8) is 0 Å². The van der Waals surface area contributed by atoms with Crippen molar-refractivity contribution in [3.05, 3.63) is 12.7 Å². The average Bonchev–Trinajstić information content (AvgIpc) is 1.88. The van der Waals surface area contributed by atoms with E-state index in [0.29, 0.717) is 6.42 Å². The van der Waals surface area contributed by atoms with Crippen molar-refractivity contribution in [1.29, 1.82) is 0 Å².